The van der Waals surface area contributed by atoms with Crippen molar-refractivity contribution in [2.24, 2.45) is 0 Å². The molecule has 1 aliphatic rings. The maximum Gasteiger partial charge on any atom is 0.263 e. The van der Waals surface area contributed by atoms with Crippen LogP contribution >= 0.6 is 0 Å². The second-order valence-electron chi connectivity index (χ2n) is 3.58. The molecule has 2 amide bonds. The second kappa shape index (κ2) is 6.40. The Labute approximate surface area is 89.7 Å². The van der Waals surface area contributed by atoms with Crippen molar-refractivity contribution in [3.63, 3.8) is 0 Å². The first-order valence-corrected chi connectivity index (χ1v) is 5.42. The van der Waals surface area contributed by atoms with Gasteiger partial charge in [0.1, 0.15) is 6.54 Å². The van der Waals surface area contributed by atoms with Crippen molar-refractivity contribution in [1.82, 2.24) is 10.4 Å². The summed E-state index contributed by atoms with van der Waals surface area (Å²) in [5.41, 5.74) is 2.29. The highest BCUT2D eigenvalue weighted by Gasteiger charge is 2.18. The highest BCUT2D eigenvalue weighted by atomic mass is 16.6. The van der Waals surface area contributed by atoms with E-state index in [2.05, 4.69) is 5.48 Å². The summed E-state index contributed by atoms with van der Waals surface area (Å²) in [5, 5.41) is 0. The van der Waals surface area contributed by atoms with Gasteiger partial charge in [-0.05, 0) is 19.8 Å². The largest absolute Gasteiger partial charge is 0.333 e. The minimum Gasteiger partial charge on any atom is -0.333 e. The van der Waals surface area contributed by atoms with E-state index in [-0.39, 0.29) is 18.4 Å². The lowest BCUT2D eigenvalue weighted by Gasteiger charge is -2.19. The van der Waals surface area contributed by atoms with Crippen molar-refractivity contribution < 1.29 is 14.4 Å². The summed E-state index contributed by atoms with van der Waals surface area (Å²) in [6.07, 6.45) is 3.54. The Morgan fingerprint density at radius 3 is 3.00 bits per heavy atom. The van der Waals surface area contributed by atoms with Crippen LogP contribution in [0, 0.1) is 0 Å². The Kier molecular flexibility index (Phi) is 5.10. The number of likely N-dealkylation sites (tertiary alicyclic amines) is 1. The second-order valence-corrected chi connectivity index (χ2v) is 3.58. The van der Waals surface area contributed by atoms with Crippen molar-refractivity contribution in [2.45, 2.75) is 32.6 Å². The molecule has 5 heteroatoms. The van der Waals surface area contributed by atoms with E-state index in [1.54, 1.807) is 11.8 Å². The van der Waals surface area contributed by atoms with Crippen LogP contribution in [0.15, 0.2) is 0 Å². The Balaban J connectivity index is 2.34. The highest BCUT2D eigenvalue weighted by Crippen LogP contribution is 2.10. The van der Waals surface area contributed by atoms with Crippen LogP contribution in [0.25, 0.3) is 0 Å². The molecule has 0 unspecified atom stereocenters. The van der Waals surface area contributed by atoms with Gasteiger partial charge in [0.2, 0.25) is 5.91 Å². The van der Waals surface area contributed by atoms with Gasteiger partial charge in [0.25, 0.3) is 5.91 Å². The number of carbonyl (C=O) groups is 2. The van der Waals surface area contributed by atoms with Gasteiger partial charge in [-0.2, -0.15) is 0 Å². The summed E-state index contributed by atoms with van der Waals surface area (Å²) in [6.45, 7) is 3.01. The fourth-order valence-electron chi connectivity index (χ4n) is 1.56. The van der Waals surface area contributed by atoms with Gasteiger partial charge in [-0.3, -0.25) is 14.4 Å². The predicted molar refractivity (Wildman–Crippen MR) is 54.8 cm³/mol. The van der Waals surface area contributed by atoms with Gasteiger partial charge >= 0.3 is 0 Å². The molecule has 1 N–H and O–H groups in total. The lowest BCUT2D eigenvalue weighted by atomic mass is 10.2. The van der Waals surface area contributed by atoms with Crippen LogP contribution in [0.1, 0.15) is 32.6 Å². The smallest absolute Gasteiger partial charge is 0.263 e. The fourth-order valence-corrected chi connectivity index (χ4v) is 1.56. The van der Waals surface area contributed by atoms with Gasteiger partial charge in [0.15, 0.2) is 0 Å². The summed E-state index contributed by atoms with van der Waals surface area (Å²) >= 11 is 0. The van der Waals surface area contributed by atoms with Crippen molar-refractivity contribution in [1.29, 1.82) is 0 Å². The zero-order valence-corrected chi connectivity index (χ0v) is 9.12. The Bertz CT molecular complexity index is 231. The average molecular weight is 214 g/mol. The first-order chi connectivity index (χ1) is 7.24. The molecule has 1 saturated heterocycles. The van der Waals surface area contributed by atoms with E-state index in [1.165, 1.54) is 0 Å². The summed E-state index contributed by atoms with van der Waals surface area (Å²) in [6, 6.07) is 0. The van der Waals surface area contributed by atoms with E-state index >= 15 is 0 Å². The molecule has 0 radical (unpaired) electrons. The first-order valence-electron chi connectivity index (χ1n) is 5.42. The third kappa shape index (κ3) is 4.29. The minimum atomic E-state index is -0.257. The number of hydrogen-bond donors (Lipinski definition) is 1. The van der Waals surface area contributed by atoms with Crippen LogP contribution in [0.4, 0.5) is 0 Å². The molecule has 0 atom stereocenters. The third-order valence-corrected chi connectivity index (χ3v) is 2.34. The number of hydroxylamine groups is 1. The number of hydrogen-bond acceptors (Lipinski definition) is 3. The monoisotopic (exact) mass is 214 g/mol. The molecule has 0 aromatic rings. The summed E-state index contributed by atoms with van der Waals surface area (Å²) in [5.74, 6) is -0.189. The molecule has 0 aromatic carbocycles. The van der Waals surface area contributed by atoms with Crippen molar-refractivity contribution in [3.05, 3.63) is 0 Å². The first kappa shape index (κ1) is 12.0. The molecule has 5 nitrogen and oxygen atoms in total. The van der Waals surface area contributed by atoms with Gasteiger partial charge in [-0.15, -0.1) is 0 Å². The molecule has 1 rings (SSSR count). The van der Waals surface area contributed by atoms with Crippen molar-refractivity contribution >= 4 is 11.8 Å². The number of rotatable bonds is 4. The zero-order valence-electron chi connectivity index (χ0n) is 9.12. The van der Waals surface area contributed by atoms with Crippen molar-refractivity contribution in [3.8, 4) is 0 Å². The Morgan fingerprint density at radius 2 is 2.27 bits per heavy atom. The minimum absolute atomic E-state index is 0.0687. The SMILES string of the molecule is CCONC(=O)CN1CCCCCC1=O. The summed E-state index contributed by atoms with van der Waals surface area (Å²) in [4.78, 5) is 29.2. The van der Waals surface area contributed by atoms with Gasteiger partial charge in [0, 0.05) is 13.0 Å². The summed E-state index contributed by atoms with van der Waals surface area (Å²) in [7, 11) is 0. The van der Waals surface area contributed by atoms with Gasteiger partial charge in [-0.1, -0.05) is 6.42 Å². The standard InChI is InChI=1S/C10H18N2O3/c1-2-15-11-9(13)8-12-7-5-3-4-6-10(12)14/h2-8H2,1H3,(H,11,13). The molecular formula is C10H18N2O3. The lowest BCUT2D eigenvalue weighted by Crippen LogP contribution is -2.40. The predicted octanol–water partition coefficient (Wildman–Crippen LogP) is 0.457. The topological polar surface area (TPSA) is 58.6 Å². The number of amides is 2. The third-order valence-electron chi connectivity index (χ3n) is 2.34. The van der Waals surface area contributed by atoms with Crippen LogP contribution in [0.5, 0.6) is 0 Å². The Morgan fingerprint density at radius 1 is 1.47 bits per heavy atom. The normalized spacial score (nSPS) is 17.4. The van der Waals surface area contributed by atoms with Crippen LogP contribution in [-0.4, -0.2) is 36.4 Å². The molecular weight excluding hydrogens is 196 g/mol. The molecule has 1 fully saturated rings. The van der Waals surface area contributed by atoms with Crippen molar-refractivity contribution in [2.75, 3.05) is 19.7 Å². The molecule has 1 aliphatic heterocycles. The van der Waals surface area contributed by atoms with Crippen LogP contribution < -0.4 is 5.48 Å². The van der Waals surface area contributed by atoms with Gasteiger partial charge < -0.3 is 4.90 Å². The molecule has 0 aliphatic carbocycles. The van der Waals surface area contributed by atoms with Gasteiger partial charge in [0.05, 0.1) is 6.61 Å². The maximum absolute atomic E-state index is 11.5. The molecule has 0 saturated carbocycles. The molecule has 0 spiro atoms. The van der Waals surface area contributed by atoms with E-state index < -0.39 is 0 Å². The molecule has 15 heavy (non-hydrogen) atoms. The molecule has 1 heterocycles. The van der Waals surface area contributed by atoms with Gasteiger partial charge in [-0.25, -0.2) is 5.48 Å². The van der Waals surface area contributed by atoms with E-state index in [0.29, 0.717) is 19.6 Å². The van der Waals surface area contributed by atoms with Crippen LogP contribution in [0.3, 0.4) is 0 Å². The Hall–Kier alpha value is -1.10. The lowest BCUT2D eigenvalue weighted by molar-refractivity contribution is -0.141. The molecule has 0 bridgehead atoms. The molecule has 86 valence electrons. The van der Waals surface area contributed by atoms with E-state index in [0.717, 1.165) is 19.3 Å². The highest BCUT2D eigenvalue weighted by molar-refractivity contribution is 5.84. The zero-order chi connectivity index (χ0) is 11.1. The van der Waals surface area contributed by atoms with Crippen LogP contribution in [-0.2, 0) is 14.4 Å². The van der Waals surface area contributed by atoms with E-state index in [9.17, 15) is 9.59 Å². The van der Waals surface area contributed by atoms with E-state index in [4.69, 9.17) is 4.84 Å². The van der Waals surface area contributed by atoms with E-state index in [1.807, 2.05) is 0 Å². The number of nitrogens with one attached hydrogen (secondary N) is 1. The maximum atomic E-state index is 11.5. The molecule has 0 aromatic heterocycles. The number of nitrogens with zero attached hydrogens (tertiary/aromatic N) is 1. The summed E-state index contributed by atoms with van der Waals surface area (Å²) < 4.78 is 0. The average Bonchev–Trinajstić information content (AvgIpc) is 2.42. The number of carbonyl (C=O) groups excluding carboxylic acids is 2. The van der Waals surface area contributed by atoms with Crippen LogP contribution in [0.2, 0.25) is 0 Å². The quantitative estimate of drug-likeness (QED) is 0.691. The fraction of sp³-hybridized carbons (Fsp3) is 0.800.